The zero-order valence-corrected chi connectivity index (χ0v) is 10.8. The number of benzene rings is 1. The van der Waals surface area contributed by atoms with Crippen molar-refractivity contribution >= 4 is 20.3 Å². The van der Waals surface area contributed by atoms with E-state index in [1.807, 2.05) is 0 Å². The van der Waals surface area contributed by atoms with Crippen molar-refractivity contribution in [2.75, 3.05) is 19.5 Å². The fourth-order valence-corrected chi connectivity index (χ4v) is 2.26. The average molecular weight is 231 g/mol. The lowest BCUT2D eigenvalue weighted by atomic mass is 10.1. The smallest absolute Gasteiger partial charge is 0.0279 e. The van der Waals surface area contributed by atoms with E-state index in [9.17, 15) is 0 Å². The van der Waals surface area contributed by atoms with E-state index in [1.165, 1.54) is 31.0 Å². The van der Waals surface area contributed by atoms with Gasteiger partial charge in [0.15, 0.2) is 0 Å². The molecule has 0 heterocycles. The highest BCUT2D eigenvalue weighted by Crippen LogP contribution is 2.25. The van der Waals surface area contributed by atoms with Crippen LogP contribution in [0, 0.1) is 0 Å². The first-order valence-corrected chi connectivity index (χ1v) is 7.40. The fraction of sp³-hybridized carbons (Fsp3) is 0.500. The van der Waals surface area contributed by atoms with Gasteiger partial charge in [0.25, 0.3) is 0 Å². The van der Waals surface area contributed by atoms with Gasteiger partial charge < -0.3 is 0 Å². The van der Waals surface area contributed by atoms with Crippen LogP contribution in [0.2, 0.25) is 0 Å². The molecule has 0 aliphatic carbocycles. The molecule has 0 aliphatic rings. The molecule has 0 aromatic heterocycles. The molecule has 0 saturated carbocycles. The summed E-state index contributed by atoms with van der Waals surface area (Å²) in [6, 6.07) is 10.8. The molecule has 0 aliphatic heterocycles. The first kappa shape index (κ1) is 13.9. The lowest BCUT2D eigenvalue weighted by molar-refractivity contribution is 0.800. The Labute approximate surface area is 95.3 Å². The molecule has 0 spiro atoms. The Hall–Kier alpha value is -0.0600. The van der Waals surface area contributed by atoms with Crippen LogP contribution in [0.1, 0.15) is 18.4 Å². The third kappa shape index (κ3) is 6.40. The molecular weight excluding hydrogens is 211 g/mol. The van der Waals surface area contributed by atoms with Crippen molar-refractivity contribution in [2.45, 2.75) is 19.3 Å². The first-order valence-electron chi connectivity index (χ1n) is 4.97. The second kappa shape index (κ2) is 8.26. The molecule has 0 N–H and O–H groups in total. The summed E-state index contributed by atoms with van der Waals surface area (Å²) in [6.45, 7) is 4.72. The Morgan fingerprint density at radius 2 is 1.64 bits per heavy atom. The predicted octanol–water partition coefficient (Wildman–Crippen LogP) is 4.17. The molecule has 0 atom stereocenters. The zero-order valence-electron chi connectivity index (χ0n) is 9.07. The lowest BCUT2D eigenvalue weighted by Gasteiger charge is -2.04. The highest BCUT2D eigenvalue weighted by atomic mass is 35.5. The predicted molar refractivity (Wildman–Crippen MR) is 70.3 cm³/mol. The van der Waals surface area contributed by atoms with Crippen LogP contribution in [0.5, 0.6) is 0 Å². The maximum Gasteiger partial charge on any atom is -0.0279 e. The van der Waals surface area contributed by atoms with Crippen LogP contribution in [0.4, 0.5) is 0 Å². The molecule has 0 fully saturated rings. The average Bonchev–Trinajstić information content (AvgIpc) is 2.14. The van der Waals surface area contributed by atoms with Crippen LogP contribution < -0.4 is 0 Å². The van der Waals surface area contributed by atoms with Crippen molar-refractivity contribution in [1.29, 1.82) is 0 Å². The number of hydrogen-bond acceptors (Lipinski definition) is 0. The van der Waals surface area contributed by atoms with Gasteiger partial charge in [-0.05, 0) is 44.3 Å². The molecule has 0 radical (unpaired) electrons. The number of rotatable bonds is 5. The highest BCUT2D eigenvalue weighted by molar-refractivity contribution is 7.55. The third-order valence-corrected chi connectivity index (χ3v) is 3.37. The van der Waals surface area contributed by atoms with Crippen molar-refractivity contribution in [3.63, 3.8) is 0 Å². The fourth-order valence-electron chi connectivity index (χ4n) is 1.40. The molecule has 1 aromatic rings. The van der Waals surface area contributed by atoms with E-state index in [1.54, 1.807) is 0 Å². The van der Waals surface area contributed by atoms with Gasteiger partial charge in [0.05, 0.1) is 0 Å². The molecule has 0 saturated heterocycles. The zero-order chi connectivity index (χ0) is 9.52. The number of aryl methyl sites for hydroxylation is 1. The second-order valence-electron chi connectivity index (χ2n) is 3.75. The van der Waals surface area contributed by atoms with E-state index in [0.29, 0.717) is 7.92 Å². The highest BCUT2D eigenvalue weighted by Gasteiger charge is 1.94. The minimum Gasteiger partial charge on any atom is -0.147 e. The van der Waals surface area contributed by atoms with Gasteiger partial charge in [0, 0.05) is 0 Å². The van der Waals surface area contributed by atoms with Crippen LogP contribution in [0.15, 0.2) is 30.3 Å². The molecular formula is C12H20ClP. The van der Waals surface area contributed by atoms with E-state index < -0.39 is 0 Å². The van der Waals surface area contributed by atoms with Gasteiger partial charge in [-0.2, -0.15) is 0 Å². The molecule has 80 valence electrons. The normalized spacial score (nSPS) is 9.93. The number of unbranched alkanes of at least 4 members (excludes halogenated alkanes) is 1. The summed E-state index contributed by atoms with van der Waals surface area (Å²) in [5.41, 5.74) is 1.49. The van der Waals surface area contributed by atoms with Crippen LogP contribution in [0.25, 0.3) is 0 Å². The van der Waals surface area contributed by atoms with Crippen LogP contribution in [-0.2, 0) is 6.42 Å². The summed E-state index contributed by atoms with van der Waals surface area (Å²) in [7, 11) is 0.319. The molecule has 0 nitrogen and oxygen atoms in total. The summed E-state index contributed by atoms with van der Waals surface area (Å²) in [4.78, 5) is 0. The lowest BCUT2D eigenvalue weighted by Crippen LogP contribution is -1.87. The van der Waals surface area contributed by atoms with Gasteiger partial charge in [-0.3, -0.25) is 0 Å². The van der Waals surface area contributed by atoms with Gasteiger partial charge in [-0.25, -0.2) is 0 Å². The van der Waals surface area contributed by atoms with E-state index in [-0.39, 0.29) is 12.4 Å². The quantitative estimate of drug-likeness (QED) is 0.526. The molecule has 0 amide bonds. The van der Waals surface area contributed by atoms with E-state index in [2.05, 4.69) is 43.7 Å². The maximum atomic E-state index is 2.36. The SMILES string of the molecule is CP(C)CCCCc1ccccc1.Cl. The van der Waals surface area contributed by atoms with Gasteiger partial charge >= 0.3 is 0 Å². The van der Waals surface area contributed by atoms with Crippen molar-refractivity contribution in [3.05, 3.63) is 35.9 Å². The standard InChI is InChI=1S/C12H19P.ClH/c1-13(2)11-7-6-10-12-8-4-3-5-9-12;/h3-5,8-9H,6-7,10-11H2,1-2H3;1H. The summed E-state index contributed by atoms with van der Waals surface area (Å²) in [6.07, 6.45) is 5.43. The van der Waals surface area contributed by atoms with Gasteiger partial charge in [-0.1, -0.05) is 30.3 Å². The van der Waals surface area contributed by atoms with Gasteiger partial charge in [0.2, 0.25) is 0 Å². The van der Waals surface area contributed by atoms with E-state index >= 15 is 0 Å². The number of halogens is 1. The largest absolute Gasteiger partial charge is 0.147 e. The van der Waals surface area contributed by atoms with Crippen molar-refractivity contribution in [1.82, 2.24) is 0 Å². The molecule has 1 rings (SSSR count). The Balaban J connectivity index is 0.00000169. The summed E-state index contributed by atoms with van der Waals surface area (Å²) in [5, 5.41) is 0. The molecule has 0 bridgehead atoms. The van der Waals surface area contributed by atoms with Crippen molar-refractivity contribution in [3.8, 4) is 0 Å². The van der Waals surface area contributed by atoms with Crippen molar-refractivity contribution < 1.29 is 0 Å². The Kier molecular flexibility index (Phi) is 8.23. The molecule has 1 aromatic carbocycles. The Morgan fingerprint density at radius 1 is 1.00 bits per heavy atom. The Bertz CT molecular complexity index is 221. The van der Waals surface area contributed by atoms with Crippen LogP contribution in [-0.4, -0.2) is 19.5 Å². The molecule has 2 heteroatoms. The maximum absolute atomic E-state index is 2.36. The van der Waals surface area contributed by atoms with Crippen molar-refractivity contribution in [2.24, 2.45) is 0 Å². The summed E-state index contributed by atoms with van der Waals surface area (Å²) < 4.78 is 0. The minimum absolute atomic E-state index is 0. The minimum atomic E-state index is 0. The Morgan fingerprint density at radius 3 is 2.21 bits per heavy atom. The van der Waals surface area contributed by atoms with E-state index in [0.717, 1.165) is 0 Å². The summed E-state index contributed by atoms with van der Waals surface area (Å²) in [5.74, 6) is 0. The van der Waals surface area contributed by atoms with E-state index in [4.69, 9.17) is 0 Å². The number of hydrogen-bond donors (Lipinski definition) is 0. The first-order chi connectivity index (χ1) is 6.29. The van der Waals surface area contributed by atoms with Gasteiger partial charge in [-0.15, -0.1) is 20.3 Å². The van der Waals surface area contributed by atoms with Crippen LogP contribution in [0.3, 0.4) is 0 Å². The summed E-state index contributed by atoms with van der Waals surface area (Å²) >= 11 is 0. The third-order valence-electron chi connectivity index (χ3n) is 2.16. The topological polar surface area (TPSA) is 0 Å². The monoisotopic (exact) mass is 230 g/mol. The molecule has 14 heavy (non-hydrogen) atoms. The second-order valence-corrected chi connectivity index (χ2v) is 6.35. The van der Waals surface area contributed by atoms with Gasteiger partial charge in [0.1, 0.15) is 0 Å². The molecule has 0 unspecified atom stereocenters. The van der Waals surface area contributed by atoms with Crippen LogP contribution >= 0.6 is 20.3 Å².